The molecule has 1 aromatic heterocycles. The fraction of sp³-hybridized carbons (Fsp3) is 0. The van der Waals surface area contributed by atoms with Crippen LogP contribution in [0, 0.1) is 5.82 Å². The summed E-state index contributed by atoms with van der Waals surface area (Å²) < 4.78 is 13.2. The molecule has 1 N–H and O–H groups in total. The molecule has 0 saturated carbocycles. The largest absolute Gasteiger partial charge is 0.267 e. The number of nitrogens with one attached hydrogen (secondary N) is 1. The van der Waals surface area contributed by atoms with Gasteiger partial charge in [0.05, 0.1) is 6.20 Å². The van der Waals surface area contributed by atoms with Crippen LogP contribution in [0.2, 0.25) is 5.15 Å². The van der Waals surface area contributed by atoms with E-state index in [0.717, 1.165) is 0 Å². The minimum atomic E-state index is -0.300. The van der Waals surface area contributed by atoms with Crippen molar-refractivity contribution < 1.29 is 4.39 Å². The van der Waals surface area contributed by atoms with Gasteiger partial charge in [-0.15, -0.1) is 0 Å². The monoisotopic (exact) mass is 196 g/mol. The van der Waals surface area contributed by atoms with Crippen LogP contribution in [-0.2, 0) is 0 Å². The van der Waals surface area contributed by atoms with E-state index in [1.807, 2.05) is 0 Å². The van der Waals surface area contributed by atoms with Gasteiger partial charge in [-0.1, -0.05) is 29.8 Å². The van der Waals surface area contributed by atoms with E-state index in [2.05, 4.69) is 10.2 Å². The van der Waals surface area contributed by atoms with Crippen molar-refractivity contribution in [2.75, 3.05) is 0 Å². The number of H-pyrrole nitrogens is 1. The van der Waals surface area contributed by atoms with E-state index in [9.17, 15) is 4.39 Å². The molecule has 4 heteroatoms. The molecule has 0 amide bonds. The first kappa shape index (κ1) is 8.26. The Morgan fingerprint density at radius 1 is 1.23 bits per heavy atom. The van der Waals surface area contributed by atoms with Gasteiger partial charge in [0.15, 0.2) is 0 Å². The van der Waals surface area contributed by atoms with Crippen LogP contribution < -0.4 is 0 Å². The number of hydrogen-bond donors (Lipinski definition) is 1. The highest BCUT2D eigenvalue weighted by molar-refractivity contribution is 6.32. The second-order valence-corrected chi connectivity index (χ2v) is 2.96. The molecule has 1 heterocycles. The Balaban J connectivity index is 2.59. The van der Waals surface area contributed by atoms with Crippen molar-refractivity contribution in [2.24, 2.45) is 0 Å². The minimum Gasteiger partial charge on any atom is -0.267 e. The van der Waals surface area contributed by atoms with Crippen LogP contribution in [0.4, 0.5) is 4.39 Å². The van der Waals surface area contributed by atoms with Gasteiger partial charge in [-0.2, -0.15) is 5.10 Å². The van der Waals surface area contributed by atoms with Crippen molar-refractivity contribution >= 4 is 11.6 Å². The zero-order valence-corrected chi connectivity index (χ0v) is 7.35. The number of nitrogens with zero attached hydrogens (tertiary/aromatic N) is 1. The molecular formula is C9H6ClFN2. The molecule has 2 rings (SSSR count). The van der Waals surface area contributed by atoms with E-state index >= 15 is 0 Å². The first-order valence-corrected chi connectivity index (χ1v) is 4.10. The van der Waals surface area contributed by atoms with Gasteiger partial charge in [-0.3, -0.25) is 5.10 Å². The van der Waals surface area contributed by atoms with Crippen molar-refractivity contribution in [3.63, 3.8) is 0 Å². The third kappa shape index (κ3) is 1.42. The Labute approximate surface area is 79.4 Å². The first-order valence-electron chi connectivity index (χ1n) is 3.73. The standard InChI is InChI=1S/C9H6ClFN2/c10-9-7(5-12-13-9)6-3-1-2-4-8(6)11/h1-5H,(H,12,13). The topological polar surface area (TPSA) is 28.7 Å². The van der Waals surface area contributed by atoms with Crippen molar-refractivity contribution in [2.45, 2.75) is 0 Å². The number of benzene rings is 1. The fourth-order valence-corrected chi connectivity index (χ4v) is 1.34. The van der Waals surface area contributed by atoms with Gasteiger partial charge < -0.3 is 0 Å². The van der Waals surface area contributed by atoms with E-state index in [-0.39, 0.29) is 5.82 Å². The van der Waals surface area contributed by atoms with Crippen LogP contribution in [0.25, 0.3) is 11.1 Å². The van der Waals surface area contributed by atoms with E-state index in [0.29, 0.717) is 16.3 Å². The molecule has 0 spiro atoms. The summed E-state index contributed by atoms with van der Waals surface area (Å²) >= 11 is 5.76. The zero-order valence-electron chi connectivity index (χ0n) is 6.59. The molecule has 0 saturated heterocycles. The molecule has 66 valence electrons. The Bertz CT molecular complexity index is 425. The summed E-state index contributed by atoms with van der Waals surface area (Å²) in [6.45, 7) is 0. The second kappa shape index (κ2) is 3.18. The normalized spacial score (nSPS) is 10.3. The average molecular weight is 197 g/mol. The predicted octanol–water partition coefficient (Wildman–Crippen LogP) is 2.87. The van der Waals surface area contributed by atoms with Gasteiger partial charge in [0.2, 0.25) is 0 Å². The van der Waals surface area contributed by atoms with E-state index < -0.39 is 0 Å². The fourth-order valence-electron chi connectivity index (χ4n) is 1.14. The number of hydrogen-bond acceptors (Lipinski definition) is 1. The average Bonchev–Trinajstić information content (AvgIpc) is 2.52. The minimum absolute atomic E-state index is 0.300. The van der Waals surface area contributed by atoms with Gasteiger partial charge in [-0.05, 0) is 6.07 Å². The summed E-state index contributed by atoms with van der Waals surface area (Å²) in [7, 11) is 0. The molecule has 0 aliphatic heterocycles. The zero-order chi connectivity index (χ0) is 9.26. The lowest BCUT2D eigenvalue weighted by Crippen LogP contribution is -1.81. The highest BCUT2D eigenvalue weighted by Gasteiger charge is 2.08. The molecule has 0 unspecified atom stereocenters. The van der Waals surface area contributed by atoms with Gasteiger partial charge in [0.25, 0.3) is 0 Å². The van der Waals surface area contributed by atoms with Crippen molar-refractivity contribution in [1.82, 2.24) is 10.2 Å². The third-order valence-corrected chi connectivity index (χ3v) is 2.04. The number of aromatic nitrogens is 2. The number of aromatic amines is 1. The molecule has 0 atom stereocenters. The van der Waals surface area contributed by atoms with Crippen LogP contribution in [0.1, 0.15) is 0 Å². The Hall–Kier alpha value is -1.35. The van der Waals surface area contributed by atoms with Gasteiger partial charge in [0.1, 0.15) is 11.0 Å². The third-order valence-electron chi connectivity index (χ3n) is 1.76. The molecule has 13 heavy (non-hydrogen) atoms. The molecule has 0 fully saturated rings. The smallest absolute Gasteiger partial charge is 0.132 e. The molecule has 0 aliphatic rings. The van der Waals surface area contributed by atoms with Crippen LogP contribution in [0.3, 0.4) is 0 Å². The summed E-state index contributed by atoms with van der Waals surface area (Å²) in [5.74, 6) is -0.300. The predicted molar refractivity (Wildman–Crippen MR) is 49.0 cm³/mol. The van der Waals surface area contributed by atoms with Crippen LogP contribution in [0.5, 0.6) is 0 Å². The summed E-state index contributed by atoms with van der Waals surface area (Å²) in [6, 6.07) is 6.43. The SMILES string of the molecule is Fc1ccccc1-c1cn[nH]c1Cl. The Morgan fingerprint density at radius 3 is 2.62 bits per heavy atom. The van der Waals surface area contributed by atoms with E-state index in [4.69, 9.17) is 11.6 Å². The van der Waals surface area contributed by atoms with Crippen molar-refractivity contribution in [3.05, 3.63) is 41.4 Å². The lowest BCUT2D eigenvalue weighted by Gasteiger charge is -1.98. The van der Waals surface area contributed by atoms with E-state index in [1.165, 1.54) is 12.3 Å². The summed E-state index contributed by atoms with van der Waals surface area (Å²) in [5.41, 5.74) is 1.04. The van der Waals surface area contributed by atoms with Crippen LogP contribution in [-0.4, -0.2) is 10.2 Å². The molecule has 0 bridgehead atoms. The molecule has 2 aromatic rings. The molecule has 1 aromatic carbocycles. The maximum absolute atomic E-state index is 13.2. The molecule has 0 aliphatic carbocycles. The maximum Gasteiger partial charge on any atom is 0.132 e. The lowest BCUT2D eigenvalue weighted by molar-refractivity contribution is 0.631. The van der Waals surface area contributed by atoms with Gasteiger partial charge in [0, 0.05) is 11.1 Å². The summed E-state index contributed by atoms with van der Waals surface area (Å²) in [5, 5.41) is 6.61. The molecule has 0 radical (unpaired) electrons. The quantitative estimate of drug-likeness (QED) is 0.747. The lowest BCUT2D eigenvalue weighted by atomic mass is 10.1. The van der Waals surface area contributed by atoms with Crippen molar-refractivity contribution in [3.8, 4) is 11.1 Å². The van der Waals surface area contributed by atoms with Gasteiger partial charge >= 0.3 is 0 Å². The number of rotatable bonds is 1. The second-order valence-electron chi connectivity index (χ2n) is 2.58. The van der Waals surface area contributed by atoms with Crippen LogP contribution >= 0.6 is 11.6 Å². The first-order chi connectivity index (χ1) is 6.29. The molecule has 2 nitrogen and oxygen atoms in total. The maximum atomic E-state index is 13.2. The summed E-state index contributed by atoms with van der Waals surface area (Å²) in [4.78, 5) is 0. The van der Waals surface area contributed by atoms with E-state index in [1.54, 1.807) is 18.2 Å². The Morgan fingerprint density at radius 2 is 2.00 bits per heavy atom. The highest BCUT2D eigenvalue weighted by Crippen LogP contribution is 2.27. The summed E-state index contributed by atoms with van der Waals surface area (Å²) in [6.07, 6.45) is 1.50. The van der Waals surface area contributed by atoms with Gasteiger partial charge in [-0.25, -0.2) is 4.39 Å². The number of halogens is 2. The highest BCUT2D eigenvalue weighted by atomic mass is 35.5. The van der Waals surface area contributed by atoms with Crippen molar-refractivity contribution in [1.29, 1.82) is 0 Å². The van der Waals surface area contributed by atoms with Crippen LogP contribution in [0.15, 0.2) is 30.5 Å². The molecular weight excluding hydrogens is 191 g/mol. The Kier molecular flexibility index (Phi) is 2.02.